The highest BCUT2D eigenvalue weighted by Gasteiger charge is 2.47. The van der Waals surface area contributed by atoms with Crippen LogP contribution in [-0.4, -0.2) is 42.9 Å². The van der Waals surface area contributed by atoms with E-state index in [-0.39, 0.29) is 12.0 Å². The molecule has 0 aromatic carbocycles. The third-order valence-electron chi connectivity index (χ3n) is 4.90. The molecule has 0 aliphatic carbocycles. The number of ether oxygens (including phenoxy) is 1. The molecule has 1 N–H and O–H groups in total. The molecule has 3 rings (SSSR count). The maximum Gasteiger partial charge on any atom is 0.0559 e. The summed E-state index contributed by atoms with van der Waals surface area (Å²) in [5.41, 5.74) is -0.00370. The number of thiophene rings is 1. The largest absolute Gasteiger partial charge is 0.396 e. The molecule has 3 nitrogen and oxygen atoms in total. The minimum atomic E-state index is -0.00370. The van der Waals surface area contributed by atoms with Crippen LogP contribution in [0.1, 0.15) is 30.0 Å². The molecule has 0 amide bonds. The van der Waals surface area contributed by atoms with Crippen molar-refractivity contribution in [2.75, 3.05) is 32.9 Å². The van der Waals surface area contributed by atoms with Crippen LogP contribution in [0.4, 0.5) is 0 Å². The van der Waals surface area contributed by atoms with Gasteiger partial charge in [0.2, 0.25) is 0 Å². The fourth-order valence-electron chi connectivity index (χ4n) is 3.79. The van der Waals surface area contributed by atoms with Crippen LogP contribution in [0.3, 0.4) is 0 Å². The van der Waals surface area contributed by atoms with Crippen molar-refractivity contribution in [1.29, 1.82) is 0 Å². The van der Waals surface area contributed by atoms with E-state index in [1.807, 2.05) is 11.3 Å². The van der Waals surface area contributed by atoms with Crippen LogP contribution in [-0.2, 0) is 17.7 Å². The first-order chi connectivity index (χ1) is 10.1. The van der Waals surface area contributed by atoms with Crippen molar-refractivity contribution in [1.82, 2.24) is 4.90 Å². The zero-order valence-electron chi connectivity index (χ0n) is 13.2. The van der Waals surface area contributed by atoms with E-state index in [4.69, 9.17) is 4.74 Å². The second-order valence-electron chi connectivity index (χ2n) is 7.19. The van der Waals surface area contributed by atoms with Crippen molar-refractivity contribution < 1.29 is 9.84 Å². The topological polar surface area (TPSA) is 32.7 Å². The van der Waals surface area contributed by atoms with Crippen molar-refractivity contribution in [3.05, 3.63) is 21.9 Å². The summed E-state index contributed by atoms with van der Waals surface area (Å²) in [7, 11) is 0. The molecule has 0 spiro atoms. The van der Waals surface area contributed by atoms with Gasteiger partial charge < -0.3 is 9.84 Å². The van der Waals surface area contributed by atoms with Gasteiger partial charge in [-0.05, 0) is 36.8 Å². The lowest BCUT2D eigenvalue weighted by Gasteiger charge is -2.36. The van der Waals surface area contributed by atoms with Crippen molar-refractivity contribution in [2.24, 2.45) is 17.3 Å². The Morgan fingerprint density at radius 2 is 2.24 bits per heavy atom. The van der Waals surface area contributed by atoms with Crippen LogP contribution < -0.4 is 0 Å². The molecule has 2 fully saturated rings. The molecule has 21 heavy (non-hydrogen) atoms. The van der Waals surface area contributed by atoms with Gasteiger partial charge in [0.25, 0.3) is 0 Å². The quantitative estimate of drug-likeness (QED) is 0.908. The third-order valence-corrected chi connectivity index (χ3v) is 6.00. The Balaban J connectivity index is 1.62. The molecule has 118 valence electrons. The molecule has 1 aromatic rings. The second-order valence-corrected chi connectivity index (χ2v) is 8.45. The Morgan fingerprint density at radius 1 is 1.43 bits per heavy atom. The Morgan fingerprint density at radius 3 is 2.95 bits per heavy atom. The van der Waals surface area contributed by atoms with E-state index in [1.54, 1.807) is 0 Å². The summed E-state index contributed by atoms with van der Waals surface area (Å²) in [5.74, 6) is 1.33. The smallest absolute Gasteiger partial charge is 0.0559 e. The number of hydrogen-bond donors (Lipinski definition) is 1. The number of aliphatic hydroxyl groups excluding tert-OH is 1. The standard InChI is InChI=1S/C17H27NO2S/c1-13(2)7-15-3-4-16(21-15)9-18-8-14-5-6-20-12-17(14,10-18)11-19/h3-4,13-14,19H,5-12H2,1-2H3/t14-,17+/m0/s1. The Labute approximate surface area is 131 Å². The maximum absolute atomic E-state index is 9.83. The molecule has 0 unspecified atom stereocenters. The highest BCUT2D eigenvalue weighted by molar-refractivity contribution is 7.11. The molecule has 1 aromatic heterocycles. The highest BCUT2D eigenvalue weighted by atomic mass is 32.1. The van der Waals surface area contributed by atoms with Gasteiger partial charge >= 0.3 is 0 Å². The fraction of sp³-hybridized carbons (Fsp3) is 0.765. The molecule has 2 aliphatic rings. The van der Waals surface area contributed by atoms with E-state index in [1.165, 1.54) is 16.2 Å². The molecule has 3 heterocycles. The predicted molar refractivity (Wildman–Crippen MR) is 86.6 cm³/mol. The summed E-state index contributed by atoms with van der Waals surface area (Å²) < 4.78 is 5.64. The van der Waals surface area contributed by atoms with Crippen LogP contribution in [0.25, 0.3) is 0 Å². The first kappa shape index (κ1) is 15.5. The summed E-state index contributed by atoms with van der Waals surface area (Å²) in [5, 5.41) is 9.83. The number of rotatable bonds is 5. The molecular formula is C17H27NO2S. The lowest BCUT2D eigenvalue weighted by Crippen LogP contribution is -2.42. The molecule has 4 heteroatoms. The minimum absolute atomic E-state index is 0.00370. The molecule has 0 saturated carbocycles. The van der Waals surface area contributed by atoms with Gasteiger partial charge in [-0.3, -0.25) is 4.90 Å². The Hall–Kier alpha value is -0.420. The monoisotopic (exact) mass is 309 g/mol. The summed E-state index contributed by atoms with van der Waals surface area (Å²) in [6.07, 6.45) is 2.28. The van der Waals surface area contributed by atoms with E-state index in [0.717, 1.165) is 45.2 Å². The van der Waals surface area contributed by atoms with E-state index in [0.29, 0.717) is 5.92 Å². The summed E-state index contributed by atoms with van der Waals surface area (Å²) in [6, 6.07) is 4.57. The first-order valence-electron chi connectivity index (χ1n) is 8.10. The van der Waals surface area contributed by atoms with Gasteiger partial charge in [0.15, 0.2) is 0 Å². The SMILES string of the molecule is CC(C)Cc1ccc(CN2C[C@@H]3CCOC[C@]3(CO)C2)s1. The molecule has 0 radical (unpaired) electrons. The van der Waals surface area contributed by atoms with Crippen LogP contribution in [0.15, 0.2) is 12.1 Å². The predicted octanol–water partition coefficient (Wildman–Crippen LogP) is 2.78. The van der Waals surface area contributed by atoms with Gasteiger partial charge in [-0.2, -0.15) is 0 Å². The average Bonchev–Trinajstić information content (AvgIpc) is 3.02. The minimum Gasteiger partial charge on any atom is -0.396 e. The molecular weight excluding hydrogens is 282 g/mol. The van der Waals surface area contributed by atoms with E-state index in [2.05, 4.69) is 30.9 Å². The lowest BCUT2D eigenvalue weighted by atomic mass is 9.76. The van der Waals surface area contributed by atoms with Crippen LogP contribution in [0, 0.1) is 17.3 Å². The third kappa shape index (κ3) is 3.34. The number of fused-ring (bicyclic) bond motifs is 1. The number of hydrogen-bond acceptors (Lipinski definition) is 4. The van der Waals surface area contributed by atoms with Gasteiger partial charge in [-0.15, -0.1) is 11.3 Å². The van der Waals surface area contributed by atoms with E-state index >= 15 is 0 Å². The van der Waals surface area contributed by atoms with Gasteiger partial charge in [0.05, 0.1) is 13.2 Å². The Bertz CT molecular complexity index is 473. The zero-order valence-corrected chi connectivity index (χ0v) is 14.0. The highest BCUT2D eigenvalue weighted by Crippen LogP contribution is 2.41. The number of nitrogens with zero attached hydrogens (tertiary/aromatic N) is 1. The van der Waals surface area contributed by atoms with Crippen LogP contribution in [0.2, 0.25) is 0 Å². The molecule has 2 saturated heterocycles. The van der Waals surface area contributed by atoms with Crippen LogP contribution >= 0.6 is 11.3 Å². The van der Waals surface area contributed by atoms with Gasteiger partial charge in [-0.1, -0.05) is 13.8 Å². The molecule has 2 atom stereocenters. The number of aliphatic hydroxyl groups is 1. The van der Waals surface area contributed by atoms with Crippen molar-refractivity contribution >= 4 is 11.3 Å². The van der Waals surface area contributed by atoms with Gasteiger partial charge in [0, 0.05) is 41.4 Å². The lowest BCUT2D eigenvalue weighted by molar-refractivity contribution is -0.0561. The number of likely N-dealkylation sites (tertiary alicyclic amines) is 1. The van der Waals surface area contributed by atoms with Crippen LogP contribution in [0.5, 0.6) is 0 Å². The maximum atomic E-state index is 9.83. The summed E-state index contributed by atoms with van der Waals surface area (Å²) in [4.78, 5) is 5.47. The first-order valence-corrected chi connectivity index (χ1v) is 8.91. The average molecular weight is 309 g/mol. The normalized spacial score (nSPS) is 30.0. The van der Waals surface area contributed by atoms with Crippen molar-refractivity contribution in [2.45, 2.75) is 33.2 Å². The van der Waals surface area contributed by atoms with E-state index in [9.17, 15) is 5.11 Å². The summed E-state index contributed by atoms with van der Waals surface area (Å²) in [6.45, 7) is 9.52. The summed E-state index contributed by atoms with van der Waals surface area (Å²) >= 11 is 1.95. The second kappa shape index (κ2) is 6.37. The van der Waals surface area contributed by atoms with Gasteiger partial charge in [0.1, 0.15) is 0 Å². The Kier molecular flexibility index (Phi) is 4.69. The molecule has 2 aliphatic heterocycles. The zero-order chi connectivity index (χ0) is 14.9. The van der Waals surface area contributed by atoms with Gasteiger partial charge in [-0.25, -0.2) is 0 Å². The van der Waals surface area contributed by atoms with Crippen molar-refractivity contribution in [3.63, 3.8) is 0 Å². The fourth-order valence-corrected chi connectivity index (χ4v) is 5.06. The molecule has 0 bridgehead atoms. The van der Waals surface area contributed by atoms with Crippen molar-refractivity contribution in [3.8, 4) is 0 Å². The van der Waals surface area contributed by atoms with E-state index < -0.39 is 0 Å².